The molecule has 1 atom stereocenters. The number of nitrogens with one attached hydrogen (secondary N) is 3. The number of aromatic amines is 2. The molecule has 0 saturated carbocycles. The molecule has 1 fully saturated rings. The lowest BCUT2D eigenvalue weighted by Gasteiger charge is -2.32. The molecule has 1 aliphatic heterocycles. The fourth-order valence-corrected chi connectivity index (χ4v) is 3.40. The van der Waals surface area contributed by atoms with Crippen molar-refractivity contribution >= 4 is 17.2 Å². The number of thiophene rings is 1. The summed E-state index contributed by atoms with van der Waals surface area (Å²) in [7, 11) is 0. The number of amides is 1. The number of rotatable bonds is 4. The van der Waals surface area contributed by atoms with Gasteiger partial charge in [0.15, 0.2) is 0 Å². The van der Waals surface area contributed by atoms with Gasteiger partial charge in [0, 0.05) is 30.2 Å². The van der Waals surface area contributed by atoms with Gasteiger partial charge in [0.25, 0.3) is 5.91 Å². The second-order valence-corrected chi connectivity index (χ2v) is 6.32. The highest BCUT2D eigenvalue weighted by Crippen LogP contribution is 2.17. The van der Waals surface area contributed by atoms with E-state index in [0.717, 1.165) is 32.5 Å². The normalized spacial score (nSPS) is 19.5. The Bertz CT molecular complexity index is 646. The summed E-state index contributed by atoms with van der Waals surface area (Å²) in [6.45, 7) is 2.84. The van der Waals surface area contributed by atoms with E-state index >= 15 is 0 Å². The summed E-state index contributed by atoms with van der Waals surface area (Å²) >= 11 is 1.76. The Morgan fingerprint density at radius 2 is 2.43 bits per heavy atom. The Balaban J connectivity index is 1.56. The van der Waals surface area contributed by atoms with Crippen LogP contribution in [-0.2, 0) is 6.54 Å². The summed E-state index contributed by atoms with van der Waals surface area (Å²) in [5, 5.41) is 5.07. The maximum absolute atomic E-state index is 12.0. The zero-order valence-electron chi connectivity index (χ0n) is 11.6. The quantitative estimate of drug-likeness (QED) is 0.793. The van der Waals surface area contributed by atoms with E-state index < -0.39 is 0 Å². The van der Waals surface area contributed by atoms with Crippen molar-refractivity contribution in [3.8, 4) is 0 Å². The van der Waals surface area contributed by atoms with Crippen LogP contribution in [0.2, 0.25) is 0 Å². The van der Waals surface area contributed by atoms with Gasteiger partial charge in [0.1, 0.15) is 5.69 Å². The van der Waals surface area contributed by atoms with Crippen LogP contribution in [0.15, 0.2) is 28.5 Å². The van der Waals surface area contributed by atoms with Gasteiger partial charge in [0.2, 0.25) is 0 Å². The van der Waals surface area contributed by atoms with Crippen LogP contribution >= 0.6 is 11.3 Å². The van der Waals surface area contributed by atoms with Gasteiger partial charge in [-0.2, -0.15) is 0 Å². The molecule has 1 aliphatic rings. The van der Waals surface area contributed by atoms with Crippen LogP contribution in [0, 0.1) is 0 Å². The van der Waals surface area contributed by atoms with Gasteiger partial charge in [-0.1, -0.05) is 6.07 Å². The number of likely N-dealkylation sites (tertiary alicyclic amines) is 1. The Morgan fingerprint density at radius 1 is 1.52 bits per heavy atom. The van der Waals surface area contributed by atoms with Crippen LogP contribution in [0.3, 0.4) is 0 Å². The first kappa shape index (κ1) is 14.1. The number of imidazole rings is 1. The number of hydrogen-bond acceptors (Lipinski definition) is 4. The molecule has 0 aromatic carbocycles. The van der Waals surface area contributed by atoms with Crippen LogP contribution in [-0.4, -0.2) is 39.9 Å². The average molecular weight is 306 g/mol. The molecule has 3 rings (SSSR count). The topological polar surface area (TPSA) is 81.0 Å². The second kappa shape index (κ2) is 6.28. The van der Waals surface area contributed by atoms with Gasteiger partial charge in [-0.15, -0.1) is 11.3 Å². The summed E-state index contributed by atoms with van der Waals surface area (Å²) < 4.78 is 0. The smallest absolute Gasteiger partial charge is 0.323 e. The van der Waals surface area contributed by atoms with Crippen molar-refractivity contribution in [1.82, 2.24) is 20.2 Å². The van der Waals surface area contributed by atoms with E-state index in [0.29, 0.717) is 0 Å². The van der Waals surface area contributed by atoms with Gasteiger partial charge < -0.3 is 15.3 Å². The number of H-pyrrole nitrogens is 2. The highest BCUT2D eigenvalue weighted by molar-refractivity contribution is 7.09. The SMILES string of the molecule is O=C(N[C@H]1CCCN(Cc2cccs2)C1)c1c[nH]c(=O)[nH]1. The number of nitrogens with zero attached hydrogens (tertiary/aromatic N) is 1. The van der Waals surface area contributed by atoms with Crippen molar-refractivity contribution in [3.05, 3.63) is 44.8 Å². The van der Waals surface area contributed by atoms with Crippen molar-refractivity contribution in [3.63, 3.8) is 0 Å². The van der Waals surface area contributed by atoms with Crippen LogP contribution in [0.1, 0.15) is 28.2 Å². The third-order valence-electron chi connectivity index (χ3n) is 3.64. The summed E-state index contributed by atoms with van der Waals surface area (Å²) in [5.41, 5.74) is -0.0708. The Kier molecular flexibility index (Phi) is 4.21. The Morgan fingerprint density at radius 3 is 3.14 bits per heavy atom. The maximum atomic E-state index is 12.0. The number of carbonyl (C=O) groups is 1. The average Bonchev–Trinajstić information content (AvgIpc) is 3.11. The third kappa shape index (κ3) is 3.62. The number of piperidine rings is 1. The van der Waals surface area contributed by atoms with E-state index in [-0.39, 0.29) is 23.3 Å². The standard InChI is InChI=1S/C14H18N4O2S/c19-13(12-7-15-14(20)17-12)16-10-3-1-5-18(8-10)9-11-4-2-6-21-11/h2,4,6-7,10H,1,3,5,8-9H2,(H,16,19)(H2,15,17,20)/t10-/m0/s1. The molecule has 0 unspecified atom stereocenters. The third-order valence-corrected chi connectivity index (χ3v) is 4.50. The minimum absolute atomic E-state index is 0.129. The number of carbonyl (C=O) groups excluding carboxylic acids is 1. The predicted octanol–water partition coefficient (Wildman–Crippen LogP) is 1.16. The minimum Gasteiger partial charge on any atom is -0.347 e. The fraction of sp³-hybridized carbons (Fsp3) is 0.429. The van der Waals surface area contributed by atoms with E-state index in [4.69, 9.17) is 0 Å². The summed E-state index contributed by atoms with van der Waals surface area (Å²) in [5.74, 6) is -0.226. The molecule has 21 heavy (non-hydrogen) atoms. The van der Waals surface area contributed by atoms with Gasteiger partial charge in [-0.05, 0) is 30.8 Å². The fourth-order valence-electron chi connectivity index (χ4n) is 2.66. The molecule has 2 aromatic rings. The molecule has 112 valence electrons. The molecule has 0 bridgehead atoms. The molecular weight excluding hydrogens is 288 g/mol. The van der Waals surface area contributed by atoms with Crippen molar-refractivity contribution in [2.45, 2.75) is 25.4 Å². The lowest BCUT2D eigenvalue weighted by Crippen LogP contribution is -2.47. The maximum Gasteiger partial charge on any atom is 0.323 e. The molecule has 0 spiro atoms. The highest BCUT2D eigenvalue weighted by atomic mass is 32.1. The van der Waals surface area contributed by atoms with Gasteiger partial charge in [-0.3, -0.25) is 9.69 Å². The summed E-state index contributed by atoms with van der Waals surface area (Å²) in [4.78, 5) is 31.7. The molecule has 3 heterocycles. The monoisotopic (exact) mass is 306 g/mol. The van der Waals surface area contributed by atoms with Crippen LogP contribution < -0.4 is 11.0 Å². The van der Waals surface area contributed by atoms with E-state index in [9.17, 15) is 9.59 Å². The first-order valence-corrected chi connectivity index (χ1v) is 7.92. The number of aromatic nitrogens is 2. The van der Waals surface area contributed by atoms with Gasteiger partial charge in [0.05, 0.1) is 0 Å². The molecule has 7 heteroatoms. The molecule has 3 N–H and O–H groups in total. The minimum atomic E-state index is -0.358. The molecule has 2 aromatic heterocycles. The molecule has 1 amide bonds. The molecule has 0 radical (unpaired) electrons. The second-order valence-electron chi connectivity index (χ2n) is 5.28. The van der Waals surface area contributed by atoms with Crippen LogP contribution in [0.25, 0.3) is 0 Å². The van der Waals surface area contributed by atoms with Crippen molar-refractivity contribution < 1.29 is 4.79 Å². The first-order valence-electron chi connectivity index (χ1n) is 7.04. The van der Waals surface area contributed by atoms with Crippen LogP contribution in [0.5, 0.6) is 0 Å². The lowest BCUT2D eigenvalue weighted by molar-refractivity contribution is 0.0896. The largest absolute Gasteiger partial charge is 0.347 e. The zero-order chi connectivity index (χ0) is 14.7. The first-order chi connectivity index (χ1) is 10.2. The van der Waals surface area contributed by atoms with E-state index in [2.05, 4.69) is 37.7 Å². The van der Waals surface area contributed by atoms with Gasteiger partial charge in [-0.25, -0.2) is 4.79 Å². The molecule has 1 saturated heterocycles. The van der Waals surface area contributed by atoms with Crippen LogP contribution in [0.4, 0.5) is 0 Å². The molecule has 6 nitrogen and oxygen atoms in total. The highest BCUT2D eigenvalue weighted by Gasteiger charge is 2.22. The lowest BCUT2D eigenvalue weighted by atomic mass is 10.1. The van der Waals surface area contributed by atoms with E-state index in [1.165, 1.54) is 11.1 Å². The Labute approximate surface area is 126 Å². The summed E-state index contributed by atoms with van der Waals surface area (Å²) in [6.07, 6.45) is 3.45. The van der Waals surface area contributed by atoms with Crippen molar-refractivity contribution in [1.29, 1.82) is 0 Å². The molecular formula is C14H18N4O2S. The Hall–Kier alpha value is -1.86. The zero-order valence-corrected chi connectivity index (χ0v) is 12.4. The summed E-state index contributed by atoms with van der Waals surface area (Å²) in [6, 6.07) is 4.33. The molecule has 0 aliphatic carbocycles. The van der Waals surface area contributed by atoms with E-state index in [1.54, 1.807) is 11.3 Å². The number of hydrogen-bond donors (Lipinski definition) is 3. The van der Waals surface area contributed by atoms with Gasteiger partial charge >= 0.3 is 5.69 Å². The van der Waals surface area contributed by atoms with Crippen molar-refractivity contribution in [2.24, 2.45) is 0 Å². The van der Waals surface area contributed by atoms with E-state index in [1.807, 2.05) is 0 Å². The predicted molar refractivity (Wildman–Crippen MR) is 81.5 cm³/mol. The van der Waals surface area contributed by atoms with Crippen molar-refractivity contribution in [2.75, 3.05) is 13.1 Å².